The highest BCUT2D eigenvalue weighted by Gasteiger charge is 2.35. The van der Waals surface area contributed by atoms with Gasteiger partial charge < -0.3 is 5.32 Å². The van der Waals surface area contributed by atoms with E-state index in [1.165, 1.54) is 29.3 Å². The molecule has 2 aromatic carbocycles. The molecule has 1 aliphatic heterocycles. The number of rotatable bonds is 4. The third kappa shape index (κ3) is 2.83. The van der Waals surface area contributed by atoms with Crippen LogP contribution in [0.25, 0.3) is 10.8 Å². The minimum atomic E-state index is 0.544. The van der Waals surface area contributed by atoms with Crippen LogP contribution < -0.4 is 5.32 Å². The van der Waals surface area contributed by atoms with Crippen LogP contribution in [0.15, 0.2) is 42.5 Å². The molecule has 3 rings (SSSR count). The molecule has 0 aromatic heterocycles. The van der Waals surface area contributed by atoms with Crippen LogP contribution in [-0.2, 0) is 0 Å². The van der Waals surface area contributed by atoms with E-state index in [0.717, 1.165) is 6.54 Å². The van der Waals surface area contributed by atoms with Crippen molar-refractivity contribution in [1.29, 1.82) is 0 Å². The zero-order chi connectivity index (χ0) is 14.8. The average molecular weight is 282 g/mol. The minimum Gasteiger partial charge on any atom is -0.319 e. The third-order valence-electron chi connectivity index (χ3n) is 4.81. The van der Waals surface area contributed by atoms with Gasteiger partial charge in [0.1, 0.15) is 0 Å². The Balaban J connectivity index is 1.99. The Morgan fingerprint density at radius 3 is 2.62 bits per heavy atom. The van der Waals surface area contributed by atoms with Crippen molar-refractivity contribution in [2.75, 3.05) is 20.1 Å². The van der Waals surface area contributed by atoms with Crippen LogP contribution in [0, 0.1) is 5.92 Å². The predicted molar refractivity (Wildman–Crippen MR) is 90.6 cm³/mol. The summed E-state index contributed by atoms with van der Waals surface area (Å²) in [5, 5.41) is 6.07. The second-order valence-electron chi connectivity index (χ2n) is 6.49. The molecule has 112 valence electrons. The first-order chi connectivity index (χ1) is 10.2. The standard InChI is InChI=1S/C19H26N2/c1-14(2)21-11-10-18(13-20-3)19(21)17-9-8-15-6-4-5-7-16(15)12-17/h4-9,12,14,18-20H,10-11,13H2,1-3H3. The molecule has 2 atom stereocenters. The Bertz CT molecular complexity index is 605. The molecule has 21 heavy (non-hydrogen) atoms. The van der Waals surface area contributed by atoms with Crippen LogP contribution in [0.5, 0.6) is 0 Å². The lowest BCUT2D eigenvalue weighted by atomic mass is 9.91. The first-order valence-electron chi connectivity index (χ1n) is 8.09. The summed E-state index contributed by atoms with van der Waals surface area (Å²) < 4.78 is 0. The van der Waals surface area contributed by atoms with Gasteiger partial charge in [-0.25, -0.2) is 0 Å². The van der Waals surface area contributed by atoms with Gasteiger partial charge in [0.15, 0.2) is 0 Å². The zero-order valence-corrected chi connectivity index (χ0v) is 13.3. The summed E-state index contributed by atoms with van der Waals surface area (Å²) in [5.41, 5.74) is 1.47. The fourth-order valence-electron chi connectivity index (χ4n) is 3.79. The smallest absolute Gasteiger partial charge is 0.0391 e. The summed E-state index contributed by atoms with van der Waals surface area (Å²) in [5.74, 6) is 0.707. The van der Waals surface area contributed by atoms with Crippen LogP contribution in [0.1, 0.15) is 31.9 Å². The largest absolute Gasteiger partial charge is 0.319 e. The lowest BCUT2D eigenvalue weighted by molar-refractivity contribution is 0.182. The van der Waals surface area contributed by atoms with Crippen molar-refractivity contribution in [3.63, 3.8) is 0 Å². The first kappa shape index (κ1) is 14.6. The number of likely N-dealkylation sites (tertiary alicyclic amines) is 1. The molecular weight excluding hydrogens is 256 g/mol. The number of hydrogen-bond acceptors (Lipinski definition) is 2. The number of hydrogen-bond donors (Lipinski definition) is 1. The molecule has 0 spiro atoms. The highest BCUT2D eigenvalue weighted by molar-refractivity contribution is 5.83. The van der Waals surface area contributed by atoms with Crippen molar-refractivity contribution in [1.82, 2.24) is 10.2 Å². The number of fused-ring (bicyclic) bond motifs is 1. The second kappa shape index (κ2) is 6.17. The molecule has 0 saturated carbocycles. The molecular formula is C19H26N2. The SMILES string of the molecule is CNCC1CCN(C(C)C)C1c1ccc2ccccc2c1. The highest BCUT2D eigenvalue weighted by Crippen LogP contribution is 2.39. The van der Waals surface area contributed by atoms with Crippen LogP contribution in [0.4, 0.5) is 0 Å². The second-order valence-corrected chi connectivity index (χ2v) is 6.49. The van der Waals surface area contributed by atoms with E-state index < -0.39 is 0 Å². The first-order valence-corrected chi connectivity index (χ1v) is 8.09. The molecule has 0 aliphatic carbocycles. The maximum Gasteiger partial charge on any atom is 0.0391 e. The lowest BCUT2D eigenvalue weighted by Crippen LogP contribution is -2.33. The third-order valence-corrected chi connectivity index (χ3v) is 4.81. The van der Waals surface area contributed by atoms with Gasteiger partial charge in [-0.1, -0.05) is 36.4 Å². The van der Waals surface area contributed by atoms with Gasteiger partial charge in [-0.2, -0.15) is 0 Å². The zero-order valence-electron chi connectivity index (χ0n) is 13.3. The Labute approximate surface area is 128 Å². The Hall–Kier alpha value is -1.38. The molecule has 2 heteroatoms. The summed E-state index contributed by atoms with van der Waals surface area (Å²) >= 11 is 0. The molecule has 2 unspecified atom stereocenters. The van der Waals surface area contributed by atoms with Gasteiger partial charge in [-0.15, -0.1) is 0 Å². The topological polar surface area (TPSA) is 15.3 Å². The van der Waals surface area contributed by atoms with Gasteiger partial charge in [0.05, 0.1) is 0 Å². The normalized spacial score (nSPS) is 23.2. The van der Waals surface area contributed by atoms with E-state index in [1.54, 1.807) is 0 Å². The summed E-state index contributed by atoms with van der Waals surface area (Å²) in [7, 11) is 2.06. The van der Waals surface area contributed by atoms with Gasteiger partial charge in [0, 0.05) is 12.1 Å². The van der Waals surface area contributed by atoms with Gasteiger partial charge in [-0.3, -0.25) is 4.90 Å². The van der Waals surface area contributed by atoms with E-state index in [9.17, 15) is 0 Å². The van der Waals surface area contributed by atoms with Gasteiger partial charge in [0.25, 0.3) is 0 Å². The maximum atomic E-state index is 3.38. The molecule has 1 fully saturated rings. The van der Waals surface area contributed by atoms with Crippen LogP contribution in [-0.4, -0.2) is 31.1 Å². The summed E-state index contributed by atoms with van der Waals surface area (Å²) in [6.45, 7) is 6.94. The van der Waals surface area contributed by atoms with Gasteiger partial charge >= 0.3 is 0 Å². The van der Waals surface area contributed by atoms with Crippen molar-refractivity contribution < 1.29 is 0 Å². The van der Waals surface area contributed by atoms with Crippen LogP contribution in [0.3, 0.4) is 0 Å². The van der Waals surface area contributed by atoms with Crippen LogP contribution >= 0.6 is 0 Å². The van der Waals surface area contributed by atoms with Crippen molar-refractivity contribution in [3.05, 3.63) is 48.0 Å². The van der Waals surface area contributed by atoms with Crippen molar-refractivity contribution >= 4 is 10.8 Å². The number of nitrogens with zero attached hydrogens (tertiary/aromatic N) is 1. The maximum absolute atomic E-state index is 3.38. The van der Waals surface area contributed by atoms with E-state index in [4.69, 9.17) is 0 Å². The molecule has 2 aromatic rings. The van der Waals surface area contributed by atoms with E-state index >= 15 is 0 Å². The van der Waals surface area contributed by atoms with Crippen molar-refractivity contribution in [3.8, 4) is 0 Å². The lowest BCUT2D eigenvalue weighted by Gasteiger charge is -2.32. The molecule has 0 bridgehead atoms. The van der Waals surface area contributed by atoms with Crippen molar-refractivity contribution in [2.24, 2.45) is 5.92 Å². The minimum absolute atomic E-state index is 0.544. The fraction of sp³-hybridized carbons (Fsp3) is 0.474. The van der Waals surface area contributed by atoms with Crippen molar-refractivity contribution in [2.45, 2.75) is 32.4 Å². The highest BCUT2D eigenvalue weighted by atomic mass is 15.2. The predicted octanol–water partition coefficient (Wildman–Crippen LogP) is 3.83. The number of benzene rings is 2. The molecule has 0 radical (unpaired) electrons. The van der Waals surface area contributed by atoms with E-state index in [-0.39, 0.29) is 0 Å². The number of nitrogens with one attached hydrogen (secondary N) is 1. The molecule has 2 nitrogen and oxygen atoms in total. The van der Waals surface area contributed by atoms with E-state index in [1.807, 2.05) is 0 Å². The molecule has 1 N–H and O–H groups in total. The van der Waals surface area contributed by atoms with E-state index in [0.29, 0.717) is 18.0 Å². The summed E-state index contributed by atoms with van der Waals surface area (Å²) in [6, 6.07) is 16.8. The average Bonchev–Trinajstić information content (AvgIpc) is 2.91. The molecule has 1 aliphatic rings. The quantitative estimate of drug-likeness (QED) is 0.917. The monoisotopic (exact) mass is 282 g/mol. The van der Waals surface area contributed by atoms with Crippen LogP contribution in [0.2, 0.25) is 0 Å². The summed E-state index contributed by atoms with van der Waals surface area (Å²) in [4.78, 5) is 2.66. The molecule has 1 heterocycles. The Kier molecular flexibility index (Phi) is 4.27. The molecule has 0 amide bonds. The Morgan fingerprint density at radius 2 is 1.90 bits per heavy atom. The molecule has 1 saturated heterocycles. The summed E-state index contributed by atoms with van der Waals surface area (Å²) in [6.07, 6.45) is 1.29. The fourth-order valence-corrected chi connectivity index (χ4v) is 3.79. The van der Waals surface area contributed by atoms with Gasteiger partial charge in [0.2, 0.25) is 0 Å². The van der Waals surface area contributed by atoms with Gasteiger partial charge in [-0.05, 0) is 68.7 Å². The Morgan fingerprint density at radius 1 is 1.14 bits per heavy atom. The van der Waals surface area contributed by atoms with E-state index in [2.05, 4.69) is 73.6 Å².